The first kappa shape index (κ1) is 16.8. The number of urea groups is 1. The predicted molar refractivity (Wildman–Crippen MR) is 97.5 cm³/mol. The number of fused-ring (bicyclic) bond motifs is 2. The fraction of sp³-hybridized carbons (Fsp3) is 0.316. The predicted octanol–water partition coefficient (Wildman–Crippen LogP) is 2.15. The Morgan fingerprint density at radius 1 is 1.23 bits per heavy atom. The fourth-order valence-electron chi connectivity index (χ4n) is 3.68. The van der Waals surface area contributed by atoms with Crippen molar-refractivity contribution in [3.8, 4) is 0 Å². The second-order valence-corrected chi connectivity index (χ2v) is 7.60. The minimum Gasteiger partial charge on any atom is -0.350 e. The molecule has 1 saturated heterocycles. The average molecular weight is 369 g/mol. The quantitative estimate of drug-likeness (QED) is 0.811. The van der Waals surface area contributed by atoms with Gasteiger partial charge in [-0.05, 0) is 36.3 Å². The topological polar surface area (TPSA) is 78.5 Å². The van der Waals surface area contributed by atoms with Gasteiger partial charge in [0.15, 0.2) is 0 Å². The number of imide groups is 1. The number of hydrogen-bond donors (Lipinski definition) is 2. The van der Waals surface area contributed by atoms with E-state index in [1.807, 2.05) is 41.8 Å². The molecule has 2 aromatic rings. The Morgan fingerprint density at radius 2 is 2.04 bits per heavy atom. The van der Waals surface area contributed by atoms with E-state index in [0.29, 0.717) is 13.0 Å². The minimum atomic E-state index is -0.996. The van der Waals surface area contributed by atoms with Crippen LogP contribution in [0.3, 0.4) is 0 Å². The van der Waals surface area contributed by atoms with E-state index >= 15 is 0 Å². The van der Waals surface area contributed by atoms with Crippen molar-refractivity contribution in [2.45, 2.75) is 31.3 Å². The summed E-state index contributed by atoms with van der Waals surface area (Å²) in [5, 5.41) is 7.57. The zero-order valence-electron chi connectivity index (χ0n) is 14.2. The summed E-state index contributed by atoms with van der Waals surface area (Å²) in [6.07, 6.45) is 2.34. The van der Waals surface area contributed by atoms with Crippen LogP contribution < -0.4 is 10.6 Å². The number of rotatable bonds is 4. The van der Waals surface area contributed by atoms with Gasteiger partial charge in [-0.1, -0.05) is 30.3 Å². The fourth-order valence-corrected chi connectivity index (χ4v) is 4.68. The van der Waals surface area contributed by atoms with Gasteiger partial charge in [-0.3, -0.25) is 14.5 Å². The second kappa shape index (κ2) is 6.57. The first-order valence-electron chi connectivity index (χ1n) is 8.62. The van der Waals surface area contributed by atoms with Gasteiger partial charge in [0.1, 0.15) is 12.1 Å². The molecule has 4 rings (SSSR count). The largest absolute Gasteiger partial charge is 0.350 e. The lowest BCUT2D eigenvalue weighted by Gasteiger charge is -2.31. The molecule has 0 radical (unpaired) electrons. The van der Waals surface area contributed by atoms with Gasteiger partial charge in [0, 0.05) is 17.0 Å². The molecule has 2 N–H and O–H groups in total. The molecule has 6 nitrogen and oxygen atoms in total. The molecule has 1 aromatic heterocycles. The van der Waals surface area contributed by atoms with Crippen LogP contribution in [0.5, 0.6) is 0 Å². The number of aryl methyl sites for hydroxylation is 1. The molecule has 1 aliphatic carbocycles. The standard InChI is InChI=1S/C19H19N3O3S/c23-16(20-11-13-5-2-1-3-6-13)12-22-17(24)19(21-18(22)25)9-4-7-15-14(19)8-10-26-15/h1-3,5-6,8,10H,4,7,9,11-12H2,(H,20,23)(H,21,25)/t19-/m0/s1. The maximum atomic E-state index is 13.0. The Bertz CT molecular complexity index is 864. The van der Waals surface area contributed by atoms with E-state index in [1.165, 1.54) is 0 Å². The first-order valence-corrected chi connectivity index (χ1v) is 9.50. The van der Waals surface area contributed by atoms with E-state index in [9.17, 15) is 14.4 Å². The number of nitrogens with zero attached hydrogens (tertiary/aromatic N) is 1. The average Bonchev–Trinajstić information content (AvgIpc) is 3.22. The Kier molecular flexibility index (Phi) is 4.24. The van der Waals surface area contributed by atoms with Crippen LogP contribution in [0.2, 0.25) is 0 Å². The molecule has 1 spiro atoms. The molecular weight excluding hydrogens is 350 g/mol. The molecule has 26 heavy (non-hydrogen) atoms. The molecule has 1 fully saturated rings. The van der Waals surface area contributed by atoms with E-state index in [1.54, 1.807) is 11.3 Å². The highest BCUT2D eigenvalue weighted by molar-refractivity contribution is 7.10. The molecular formula is C19H19N3O3S. The van der Waals surface area contributed by atoms with E-state index < -0.39 is 11.6 Å². The van der Waals surface area contributed by atoms with Crippen LogP contribution in [0.25, 0.3) is 0 Å². The number of carbonyl (C=O) groups excluding carboxylic acids is 3. The van der Waals surface area contributed by atoms with Crippen LogP contribution >= 0.6 is 11.3 Å². The van der Waals surface area contributed by atoms with Gasteiger partial charge in [-0.2, -0.15) is 0 Å². The SMILES string of the molecule is O=C(CN1C(=O)N[C@]2(CCCc3sccc32)C1=O)NCc1ccccc1. The van der Waals surface area contributed by atoms with Crippen molar-refractivity contribution in [3.63, 3.8) is 0 Å². The van der Waals surface area contributed by atoms with Crippen molar-refractivity contribution in [2.75, 3.05) is 6.54 Å². The van der Waals surface area contributed by atoms with Crippen LogP contribution in [-0.2, 0) is 28.1 Å². The zero-order chi connectivity index (χ0) is 18.1. The Labute approximate surface area is 155 Å². The number of hydrogen-bond acceptors (Lipinski definition) is 4. The summed E-state index contributed by atoms with van der Waals surface area (Å²) >= 11 is 1.61. The Balaban J connectivity index is 1.46. The van der Waals surface area contributed by atoms with Crippen LogP contribution in [0, 0.1) is 0 Å². The lowest BCUT2D eigenvalue weighted by Crippen LogP contribution is -2.46. The molecule has 0 saturated carbocycles. The van der Waals surface area contributed by atoms with Crippen LogP contribution in [0.1, 0.15) is 28.8 Å². The van der Waals surface area contributed by atoms with Crippen LogP contribution in [0.15, 0.2) is 41.8 Å². The summed E-state index contributed by atoms with van der Waals surface area (Å²) in [5.41, 5.74) is 0.855. The Hall–Kier alpha value is -2.67. The molecule has 4 amide bonds. The molecule has 1 atom stereocenters. The number of thiophene rings is 1. The van der Waals surface area contributed by atoms with Crippen molar-refractivity contribution in [3.05, 3.63) is 57.8 Å². The smallest absolute Gasteiger partial charge is 0.325 e. The van der Waals surface area contributed by atoms with E-state index in [0.717, 1.165) is 33.7 Å². The highest BCUT2D eigenvalue weighted by Crippen LogP contribution is 2.41. The van der Waals surface area contributed by atoms with Gasteiger partial charge in [-0.15, -0.1) is 11.3 Å². The lowest BCUT2D eigenvalue weighted by atomic mass is 9.80. The monoisotopic (exact) mass is 369 g/mol. The third-order valence-electron chi connectivity index (χ3n) is 4.97. The number of nitrogens with one attached hydrogen (secondary N) is 2. The van der Waals surface area contributed by atoms with Crippen molar-refractivity contribution >= 4 is 29.2 Å². The van der Waals surface area contributed by atoms with Gasteiger partial charge in [0.25, 0.3) is 5.91 Å². The third kappa shape index (κ3) is 2.78. The molecule has 2 heterocycles. The summed E-state index contributed by atoms with van der Waals surface area (Å²) in [6, 6.07) is 10.9. The summed E-state index contributed by atoms with van der Waals surface area (Å²) in [7, 11) is 0. The van der Waals surface area contributed by atoms with E-state index in [4.69, 9.17) is 0 Å². The third-order valence-corrected chi connectivity index (χ3v) is 5.95. The normalized spacial score (nSPS) is 21.6. The summed E-state index contributed by atoms with van der Waals surface area (Å²) < 4.78 is 0. The number of benzene rings is 1. The minimum absolute atomic E-state index is 0.265. The summed E-state index contributed by atoms with van der Waals surface area (Å²) in [4.78, 5) is 39.9. The second-order valence-electron chi connectivity index (χ2n) is 6.60. The van der Waals surface area contributed by atoms with Crippen LogP contribution in [-0.4, -0.2) is 29.3 Å². The van der Waals surface area contributed by atoms with Gasteiger partial charge >= 0.3 is 6.03 Å². The zero-order valence-corrected chi connectivity index (χ0v) is 15.0. The van der Waals surface area contributed by atoms with Gasteiger partial charge in [0.05, 0.1) is 0 Å². The highest BCUT2D eigenvalue weighted by Gasteiger charge is 2.54. The maximum Gasteiger partial charge on any atom is 0.325 e. The first-order chi connectivity index (χ1) is 12.6. The molecule has 0 bridgehead atoms. The van der Waals surface area contributed by atoms with Crippen LogP contribution in [0.4, 0.5) is 4.79 Å². The Morgan fingerprint density at radius 3 is 2.85 bits per heavy atom. The lowest BCUT2D eigenvalue weighted by molar-refractivity contribution is -0.135. The van der Waals surface area contributed by atoms with Crippen molar-refractivity contribution < 1.29 is 14.4 Å². The van der Waals surface area contributed by atoms with Crippen molar-refractivity contribution in [2.24, 2.45) is 0 Å². The summed E-state index contributed by atoms with van der Waals surface area (Å²) in [5.74, 6) is -0.674. The van der Waals surface area contributed by atoms with Crippen molar-refractivity contribution in [1.29, 1.82) is 0 Å². The molecule has 7 heteroatoms. The molecule has 1 aliphatic heterocycles. The van der Waals surface area contributed by atoms with Gasteiger partial charge < -0.3 is 10.6 Å². The van der Waals surface area contributed by atoms with Crippen molar-refractivity contribution in [1.82, 2.24) is 15.5 Å². The van der Waals surface area contributed by atoms with E-state index in [2.05, 4.69) is 10.6 Å². The maximum absolute atomic E-state index is 13.0. The molecule has 134 valence electrons. The van der Waals surface area contributed by atoms with Gasteiger partial charge in [-0.25, -0.2) is 4.79 Å². The molecule has 2 aliphatic rings. The molecule has 1 aromatic carbocycles. The number of amides is 4. The number of carbonyl (C=O) groups is 3. The van der Waals surface area contributed by atoms with Gasteiger partial charge in [0.2, 0.25) is 5.91 Å². The molecule has 0 unspecified atom stereocenters. The summed E-state index contributed by atoms with van der Waals surface area (Å²) in [6.45, 7) is 0.0991. The van der Waals surface area contributed by atoms with E-state index in [-0.39, 0.29) is 18.4 Å². The highest BCUT2D eigenvalue weighted by atomic mass is 32.1.